The molecule has 0 saturated heterocycles. The number of nitrogen functional groups attached to an aromatic ring is 1. The molecule has 2 rings (SSSR count). The summed E-state index contributed by atoms with van der Waals surface area (Å²) in [7, 11) is 0. The van der Waals surface area contributed by atoms with Crippen LogP contribution in [0.5, 0.6) is 0 Å². The number of nitrogens with two attached hydrogens (primary N) is 1. The molecule has 3 heteroatoms. The predicted molar refractivity (Wildman–Crippen MR) is 63.9 cm³/mol. The second-order valence-corrected chi connectivity index (χ2v) is 4.61. The van der Waals surface area contributed by atoms with Gasteiger partial charge in [0.2, 0.25) is 0 Å². The molecule has 82 valence electrons. The first kappa shape index (κ1) is 10.3. The molecule has 2 N–H and O–H groups in total. The van der Waals surface area contributed by atoms with Crippen molar-refractivity contribution in [1.29, 1.82) is 0 Å². The first-order chi connectivity index (χ1) is 7.16. The Morgan fingerprint density at radius 1 is 1.47 bits per heavy atom. The van der Waals surface area contributed by atoms with Gasteiger partial charge in [-0.15, -0.1) is 0 Å². The highest BCUT2D eigenvalue weighted by Gasteiger charge is 2.26. The fourth-order valence-electron chi connectivity index (χ4n) is 1.75. The average molecular weight is 205 g/mol. The van der Waals surface area contributed by atoms with E-state index in [2.05, 4.69) is 23.7 Å². The van der Waals surface area contributed by atoms with Crippen LogP contribution < -0.4 is 10.6 Å². The number of anilines is 2. The highest BCUT2D eigenvalue weighted by Crippen LogP contribution is 2.31. The first-order valence-corrected chi connectivity index (χ1v) is 5.66. The minimum absolute atomic E-state index is 0.486. The smallest absolute Gasteiger partial charge is 0.131 e. The molecule has 0 unspecified atom stereocenters. The lowest BCUT2D eigenvalue weighted by Gasteiger charge is -2.28. The van der Waals surface area contributed by atoms with Gasteiger partial charge >= 0.3 is 0 Å². The molecule has 1 aromatic heterocycles. The van der Waals surface area contributed by atoms with Crippen molar-refractivity contribution in [3.05, 3.63) is 18.2 Å². The molecular formula is C12H19N3. The quantitative estimate of drug-likeness (QED) is 0.820. The maximum absolute atomic E-state index is 5.71. The molecule has 0 atom stereocenters. The molecule has 0 aromatic carbocycles. The van der Waals surface area contributed by atoms with Crippen LogP contribution in [-0.2, 0) is 0 Å². The van der Waals surface area contributed by atoms with Crippen molar-refractivity contribution in [2.24, 2.45) is 5.92 Å². The number of nitrogens with zero attached hydrogens (tertiary/aromatic N) is 2. The first-order valence-electron chi connectivity index (χ1n) is 5.66. The molecular weight excluding hydrogens is 186 g/mol. The number of pyridine rings is 1. The van der Waals surface area contributed by atoms with Gasteiger partial charge in [0.05, 0.1) is 0 Å². The summed E-state index contributed by atoms with van der Waals surface area (Å²) in [5.74, 6) is 2.49. The van der Waals surface area contributed by atoms with Crippen LogP contribution in [-0.4, -0.2) is 17.6 Å². The van der Waals surface area contributed by atoms with E-state index in [4.69, 9.17) is 5.73 Å². The van der Waals surface area contributed by atoms with Gasteiger partial charge in [-0.25, -0.2) is 4.98 Å². The predicted octanol–water partition coefficient (Wildman–Crippen LogP) is 2.29. The van der Waals surface area contributed by atoms with Gasteiger partial charge in [-0.05, 0) is 44.7 Å². The molecule has 1 heterocycles. The Morgan fingerprint density at radius 2 is 2.20 bits per heavy atom. The van der Waals surface area contributed by atoms with E-state index >= 15 is 0 Å². The monoisotopic (exact) mass is 205 g/mol. The summed E-state index contributed by atoms with van der Waals surface area (Å²) in [6.45, 7) is 5.52. The van der Waals surface area contributed by atoms with E-state index in [-0.39, 0.29) is 0 Å². The van der Waals surface area contributed by atoms with Gasteiger partial charge in [-0.1, -0.05) is 6.07 Å². The van der Waals surface area contributed by atoms with Crippen LogP contribution >= 0.6 is 0 Å². The van der Waals surface area contributed by atoms with Crippen molar-refractivity contribution in [3.63, 3.8) is 0 Å². The highest BCUT2D eigenvalue weighted by atomic mass is 15.2. The van der Waals surface area contributed by atoms with Crippen molar-refractivity contribution in [2.45, 2.75) is 32.7 Å². The van der Waals surface area contributed by atoms with Gasteiger partial charge in [-0.3, -0.25) is 0 Å². The molecule has 0 amide bonds. The number of hydrogen-bond acceptors (Lipinski definition) is 3. The van der Waals surface area contributed by atoms with E-state index in [0.717, 1.165) is 18.3 Å². The minimum Gasteiger partial charge on any atom is -0.384 e. The Kier molecular flexibility index (Phi) is 2.80. The molecule has 0 spiro atoms. The average Bonchev–Trinajstić information content (AvgIpc) is 2.97. The highest BCUT2D eigenvalue weighted by molar-refractivity contribution is 5.45. The van der Waals surface area contributed by atoms with Crippen LogP contribution in [0.25, 0.3) is 0 Å². The van der Waals surface area contributed by atoms with E-state index < -0.39 is 0 Å². The summed E-state index contributed by atoms with van der Waals surface area (Å²) >= 11 is 0. The van der Waals surface area contributed by atoms with Gasteiger partial charge in [0.25, 0.3) is 0 Å². The van der Waals surface area contributed by atoms with Crippen LogP contribution in [0.15, 0.2) is 18.2 Å². The molecule has 1 aromatic rings. The van der Waals surface area contributed by atoms with E-state index in [0.29, 0.717) is 11.9 Å². The molecule has 3 nitrogen and oxygen atoms in total. The fourth-order valence-corrected chi connectivity index (χ4v) is 1.75. The molecule has 1 fully saturated rings. The van der Waals surface area contributed by atoms with E-state index in [9.17, 15) is 0 Å². The number of rotatable bonds is 4. The number of aromatic nitrogens is 1. The topological polar surface area (TPSA) is 42.1 Å². The minimum atomic E-state index is 0.486. The van der Waals surface area contributed by atoms with Crippen LogP contribution in [0.3, 0.4) is 0 Å². The summed E-state index contributed by atoms with van der Waals surface area (Å²) in [6.07, 6.45) is 2.73. The fraction of sp³-hybridized carbons (Fsp3) is 0.583. The van der Waals surface area contributed by atoms with Crippen LogP contribution in [0.2, 0.25) is 0 Å². The number of hydrogen-bond donors (Lipinski definition) is 1. The Morgan fingerprint density at radius 3 is 2.73 bits per heavy atom. The third-order valence-corrected chi connectivity index (χ3v) is 2.83. The summed E-state index contributed by atoms with van der Waals surface area (Å²) in [5.41, 5.74) is 5.71. The van der Waals surface area contributed by atoms with Crippen molar-refractivity contribution in [2.75, 3.05) is 17.2 Å². The van der Waals surface area contributed by atoms with E-state index in [1.165, 1.54) is 12.8 Å². The third-order valence-electron chi connectivity index (χ3n) is 2.83. The maximum atomic E-state index is 5.71. The standard InChI is InChI=1S/C12H19N3/c1-9(2)15(8-10-6-7-10)12-5-3-4-11(13)14-12/h3-5,9-10H,6-8H2,1-2H3,(H2,13,14). The van der Waals surface area contributed by atoms with Gasteiger partial charge in [-0.2, -0.15) is 0 Å². The molecule has 1 saturated carbocycles. The van der Waals surface area contributed by atoms with Gasteiger partial charge in [0.1, 0.15) is 11.6 Å². The Balaban J connectivity index is 2.15. The third kappa shape index (κ3) is 2.61. The SMILES string of the molecule is CC(C)N(CC1CC1)c1cccc(N)n1. The molecule has 0 bridgehead atoms. The molecule has 0 radical (unpaired) electrons. The molecule has 15 heavy (non-hydrogen) atoms. The van der Waals surface area contributed by atoms with E-state index in [1.807, 2.05) is 18.2 Å². The van der Waals surface area contributed by atoms with Crippen molar-refractivity contribution >= 4 is 11.6 Å². The van der Waals surface area contributed by atoms with E-state index in [1.54, 1.807) is 0 Å². The maximum Gasteiger partial charge on any atom is 0.131 e. The van der Waals surface area contributed by atoms with Gasteiger partial charge in [0, 0.05) is 12.6 Å². The lowest BCUT2D eigenvalue weighted by Crippen LogP contribution is -2.33. The van der Waals surface area contributed by atoms with Crippen molar-refractivity contribution in [1.82, 2.24) is 4.98 Å². The van der Waals surface area contributed by atoms with Crippen molar-refractivity contribution < 1.29 is 0 Å². The summed E-state index contributed by atoms with van der Waals surface area (Å²) < 4.78 is 0. The normalized spacial score (nSPS) is 15.7. The Labute approximate surface area is 91.3 Å². The van der Waals surface area contributed by atoms with Gasteiger partial charge < -0.3 is 10.6 Å². The van der Waals surface area contributed by atoms with Crippen molar-refractivity contribution in [3.8, 4) is 0 Å². The lowest BCUT2D eigenvalue weighted by molar-refractivity contribution is 0.637. The molecule has 1 aliphatic rings. The van der Waals surface area contributed by atoms with Crippen LogP contribution in [0, 0.1) is 5.92 Å². The molecule has 0 aliphatic heterocycles. The summed E-state index contributed by atoms with van der Waals surface area (Å²) in [4.78, 5) is 6.72. The zero-order chi connectivity index (χ0) is 10.8. The van der Waals surface area contributed by atoms with Crippen LogP contribution in [0.1, 0.15) is 26.7 Å². The Hall–Kier alpha value is -1.25. The van der Waals surface area contributed by atoms with Gasteiger partial charge in [0.15, 0.2) is 0 Å². The largest absolute Gasteiger partial charge is 0.384 e. The second kappa shape index (κ2) is 4.09. The summed E-state index contributed by atoms with van der Waals surface area (Å²) in [5, 5.41) is 0. The zero-order valence-electron chi connectivity index (χ0n) is 9.48. The summed E-state index contributed by atoms with van der Waals surface area (Å²) in [6, 6.07) is 6.33. The molecule has 1 aliphatic carbocycles. The lowest BCUT2D eigenvalue weighted by atomic mass is 10.2. The zero-order valence-corrected chi connectivity index (χ0v) is 9.48. The Bertz CT molecular complexity index is 331. The van der Waals surface area contributed by atoms with Crippen LogP contribution in [0.4, 0.5) is 11.6 Å². The second-order valence-electron chi connectivity index (χ2n) is 4.61.